The van der Waals surface area contributed by atoms with E-state index in [0.29, 0.717) is 22.2 Å². The summed E-state index contributed by atoms with van der Waals surface area (Å²) in [6.07, 6.45) is 0. The van der Waals surface area contributed by atoms with Gasteiger partial charge in [0.2, 0.25) is 17.2 Å². The van der Waals surface area contributed by atoms with Gasteiger partial charge in [-0.15, -0.1) is 0 Å². The highest BCUT2D eigenvalue weighted by Crippen LogP contribution is 2.23. The molecule has 2 N–H and O–H groups in total. The number of carbonyl (C=O) groups is 1. The number of nitrogens with one attached hydrogen (secondary N) is 2. The molecule has 0 aliphatic rings. The molecule has 0 radical (unpaired) electrons. The van der Waals surface area contributed by atoms with Crippen LogP contribution in [-0.2, 0) is 4.79 Å². The molecule has 1 aromatic heterocycles. The zero-order valence-electron chi connectivity index (χ0n) is 10.3. The zero-order valence-corrected chi connectivity index (χ0v) is 10.3. The van der Waals surface area contributed by atoms with Crippen molar-refractivity contribution < 1.29 is 9.53 Å². The fourth-order valence-electron chi connectivity index (χ4n) is 1.84. The molecular weight excluding hydrogens is 234 g/mol. The predicted molar refractivity (Wildman–Crippen MR) is 68.0 cm³/mol. The van der Waals surface area contributed by atoms with Crippen molar-refractivity contribution in [2.24, 2.45) is 0 Å². The van der Waals surface area contributed by atoms with E-state index in [0.717, 1.165) is 0 Å². The minimum absolute atomic E-state index is 0.00801. The van der Waals surface area contributed by atoms with Crippen molar-refractivity contribution in [3.63, 3.8) is 0 Å². The third-order valence-corrected chi connectivity index (χ3v) is 2.66. The van der Waals surface area contributed by atoms with Crippen LogP contribution in [0.25, 0.3) is 10.9 Å². The molecule has 0 atom stereocenters. The van der Waals surface area contributed by atoms with Gasteiger partial charge < -0.3 is 10.1 Å². The molecule has 2 rings (SSSR count). The number of benzene rings is 1. The van der Waals surface area contributed by atoms with Gasteiger partial charge in [-0.1, -0.05) is 0 Å². The summed E-state index contributed by atoms with van der Waals surface area (Å²) >= 11 is 0. The van der Waals surface area contributed by atoms with Gasteiger partial charge in [0, 0.05) is 12.5 Å². The number of amides is 1. The standard InChI is InChI=1S/C12H13N3O3/c1-6-9(18-3)5-4-8-10(6)11(17)12(15-14-8)13-7(2)16/h4-5H,1-3H3,(H,14,17)(H,13,15,16). The van der Waals surface area contributed by atoms with Crippen molar-refractivity contribution in [2.45, 2.75) is 13.8 Å². The van der Waals surface area contributed by atoms with E-state index in [-0.39, 0.29) is 17.2 Å². The third kappa shape index (κ3) is 1.92. The Morgan fingerprint density at radius 1 is 1.44 bits per heavy atom. The van der Waals surface area contributed by atoms with Crippen molar-refractivity contribution >= 4 is 22.6 Å². The summed E-state index contributed by atoms with van der Waals surface area (Å²) in [5.41, 5.74) is 0.994. The van der Waals surface area contributed by atoms with E-state index in [2.05, 4.69) is 15.5 Å². The first kappa shape index (κ1) is 12.1. The number of methoxy groups -OCH3 is 1. The number of nitrogens with zero attached hydrogens (tertiary/aromatic N) is 1. The van der Waals surface area contributed by atoms with Gasteiger partial charge in [0.15, 0.2) is 0 Å². The highest BCUT2D eigenvalue weighted by atomic mass is 16.5. The molecule has 1 aromatic carbocycles. The maximum absolute atomic E-state index is 12.2. The molecular formula is C12H13N3O3. The maximum Gasteiger partial charge on any atom is 0.232 e. The first-order valence-corrected chi connectivity index (χ1v) is 5.38. The van der Waals surface area contributed by atoms with Gasteiger partial charge >= 0.3 is 0 Å². The molecule has 18 heavy (non-hydrogen) atoms. The number of H-pyrrole nitrogens is 1. The summed E-state index contributed by atoms with van der Waals surface area (Å²) in [5, 5.41) is 9.43. The molecule has 0 fully saturated rings. The van der Waals surface area contributed by atoms with Crippen LogP contribution in [0.15, 0.2) is 16.9 Å². The number of ether oxygens (including phenoxy) is 1. The summed E-state index contributed by atoms with van der Waals surface area (Å²) in [6, 6.07) is 3.47. The Labute approximate surface area is 103 Å². The van der Waals surface area contributed by atoms with Crippen molar-refractivity contribution in [2.75, 3.05) is 12.4 Å². The Morgan fingerprint density at radius 3 is 2.78 bits per heavy atom. The smallest absolute Gasteiger partial charge is 0.232 e. The van der Waals surface area contributed by atoms with E-state index < -0.39 is 0 Å². The van der Waals surface area contributed by atoms with E-state index in [4.69, 9.17) is 4.74 Å². The average molecular weight is 247 g/mol. The van der Waals surface area contributed by atoms with Crippen LogP contribution < -0.4 is 15.5 Å². The number of rotatable bonds is 2. The van der Waals surface area contributed by atoms with E-state index in [1.54, 1.807) is 19.1 Å². The number of hydrogen-bond donors (Lipinski definition) is 2. The van der Waals surface area contributed by atoms with Gasteiger partial charge in [-0.25, -0.2) is 0 Å². The molecule has 2 aromatic rings. The average Bonchev–Trinajstić information content (AvgIpc) is 2.32. The molecule has 0 aliphatic heterocycles. The van der Waals surface area contributed by atoms with Gasteiger partial charge in [-0.3, -0.25) is 14.7 Å². The van der Waals surface area contributed by atoms with Gasteiger partial charge in [0.05, 0.1) is 18.0 Å². The van der Waals surface area contributed by atoms with Crippen LogP contribution in [0.5, 0.6) is 5.75 Å². The molecule has 0 saturated carbocycles. The van der Waals surface area contributed by atoms with E-state index in [9.17, 15) is 9.59 Å². The molecule has 0 bridgehead atoms. The fourth-order valence-corrected chi connectivity index (χ4v) is 1.84. The zero-order chi connectivity index (χ0) is 13.3. The largest absolute Gasteiger partial charge is 0.496 e. The Hall–Kier alpha value is -2.37. The second kappa shape index (κ2) is 4.48. The molecule has 94 valence electrons. The minimum Gasteiger partial charge on any atom is -0.496 e. The third-order valence-electron chi connectivity index (χ3n) is 2.66. The number of carbonyl (C=O) groups excluding carboxylic acids is 1. The molecule has 6 nitrogen and oxygen atoms in total. The van der Waals surface area contributed by atoms with E-state index in [1.165, 1.54) is 14.0 Å². The van der Waals surface area contributed by atoms with Crippen molar-refractivity contribution in [3.8, 4) is 5.75 Å². The van der Waals surface area contributed by atoms with Crippen LogP contribution in [0.1, 0.15) is 12.5 Å². The molecule has 0 saturated heterocycles. The number of aromatic nitrogens is 2. The summed E-state index contributed by atoms with van der Waals surface area (Å²) in [4.78, 5) is 23.2. The van der Waals surface area contributed by atoms with Crippen LogP contribution in [-0.4, -0.2) is 23.2 Å². The van der Waals surface area contributed by atoms with Crippen LogP contribution in [0, 0.1) is 6.92 Å². The minimum atomic E-state index is -0.340. The molecule has 0 aliphatic carbocycles. The van der Waals surface area contributed by atoms with E-state index in [1.807, 2.05) is 0 Å². The van der Waals surface area contributed by atoms with Crippen LogP contribution in [0.2, 0.25) is 0 Å². The lowest BCUT2D eigenvalue weighted by Gasteiger charge is -2.08. The monoisotopic (exact) mass is 247 g/mol. The van der Waals surface area contributed by atoms with Gasteiger partial charge in [0.25, 0.3) is 0 Å². The van der Waals surface area contributed by atoms with Gasteiger partial charge in [-0.2, -0.15) is 5.10 Å². The predicted octanol–water partition coefficient (Wildman–Crippen LogP) is 1.20. The Kier molecular flexibility index (Phi) is 3.01. The van der Waals surface area contributed by atoms with Crippen LogP contribution >= 0.6 is 0 Å². The number of anilines is 1. The number of hydrogen-bond acceptors (Lipinski definition) is 4. The van der Waals surface area contributed by atoms with Crippen molar-refractivity contribution in [1.82, 2.24) is 10.2 Å². The molecule has 0 spiro atoms. The summed E-state index contributed by atoms with van der Waals surface area (Å²) in [6.45, 7) is 3.11. The first-order valence-electron chi connectivity index (χ1n) is 5.38. The van der Waals surface area contributed by atoms with Crippen molar-refractivity contribution in [3.05, 3.63) is 27.9 Å². The summed E-state index contributed by atoms with van der Waals surface area (Å²) < 4.78 is 5.17. The van der Waals surface area contributed by atoms with Crippen LogP contribution in [0.3, 0.4) is 0 Å². The lowest BCUT2D eigenvalue weighted by atomic mass is 10.1. The second-order valence-electron chi connectivity index (χ2n) is 3.90. The maximum atomic E-state index is 12.2. The van der Waals surface area contributed by atoms with E-state index >= 15 is 0 Å². The lowest BCUT2D eigenvalue weighted by molar-refractivity contribution is -0.114. The fraction of sp³-hybridized carbons (Fsp3) is 0.250. The normalized spacial score (nSPS) is 10.4. The second-order valence-corrected chi connectivity index (χ2v) is 3.90. The lowest BCUT2D eigenvalue weighted by Crippen LogP contribution is -2.19. The Bertz CT molecular complexity index is 676. The molecule has 1 heterocycles. The summed E-state index contributed by atoms with van der Waals surface area (Å²) in [5.74, 6) is 0.271. The first-order chi connectivity index (χ1) is 8.54. The number of fused-ring (bicyclic) bond motifs is 1. The molecule has 1 amide bonds. The molecule has 0 unspecified atom stereocenters. The summed E-state index contributed by atoms with van der Waals surface area (Å²) in [7, 11) is 1.54. The highest BCUT2D eigenvalue weighted by Gasteiger charge is 2.12. The van der Waals surface area contributed by atoms with Crippen LogP contribution in [0.4, 0.5) is 5.82 Å². The molecule has 6 heteroatoms. The number of aryl methyl sites for hydroxylation is 1. The topological polar surface area (TPSA) is 84.1 Å². The quantitative estimate of drug-likeness (QED) is 0.835. The Balaban J connectivity index is 2.75. The number of aromatic amines is 1. The Morgan fingerprint density at radius 2 is 2.17 bits per heavy atom. The SMILES string of the molecule is COc1ccc2[nH]nc(NC(C)=O)c(=O)c2c1C. The van der Waals surface area contributed by atoms with Gasteiger partial charge in [-0.05, 0) is 19.1 Å². The highest BCUT2D eigenvalue weighted by molar-refractivity contribution is 5.91. The van der Waals surface area contributed by atoms with Gasteiger partial charge in [0.1, 0.15) is 5.75 Å². The van der Waals surface area contributed by atoms with Crippen molar-refractivity contribution in [1.29, 1.82) is 0 Å².